The van der Waals surface area contributed by atoms with Crippen LogP contribution in [-0.4, -0.2) is 23.1 Å². The summed E-state index contributed by atoms with van der Waals surface area (Å²) >= 11 is 7.75. The van der Waals surface area contributed by atoms with Crippen LogP contribution < -0.4 is 0 Å². The summed E-state index contributed by atoms with van der Waals surface area (Å²) < 4.78 is 1.05. The molecule has 2 unspecified atom stereocenters. The monoisotopic (exact) mass is 313 g/mol. The van der Waals surface area contributed by atoms with Crippen molar-refractivity contribution >= 4 is 34.5 Å². The molecule has 0 spiro atoms. The van der Waals surface area contributed by atoms with Gasteiger partial charge in [0, 0.05) is 17.4 Å². The van der Waals surface area contributed by atoms with Crippen LogP contribution in [0.15, 0.2) is 28.7 Å². The molecule has 0 saturated carbocycles. The third-order valence-electron chi connectivity index (χ3n) is 3.30. The molecular formula is C13H16BrNOS. The highest BCUT2D eigenvalue weighted by atomic mass is 79.9. The number of likely N-dealkylation sites (tertiary alicyclic amines) is 1. The van der Waals surface area contributed by atoms with Gasteiger partial charge < -0.3 is 4.90 Å². The number of halogens is 1. The predicted octanol–water partition coefficient (Wildman–Crippen LogP) is 3.29. The summed E-state index contributed by atoms with van der Waals surface area (Å²) in [4.78, 5) is 13.9. The minimum absolute atomic E-state index is 0.143. The number of nitrogens with zero attached hydrogens (tertiary/aromatic N) is 1. The fourth-order valence-corrected chi connectivity index (χ4v) is 2.91. The number of rotatable bonds is 3. The van der Waals surface area contributed by atoms with E-state index in [1.165, 1.54) is 5.56 Å². The van der Waals surface area contributed by atoms with E-state index in [-0.39, 0.29) is 11.9 Å². The second-order valence-corrected chi connectivity index (χ2v) is 5.81. The molecule has 1 amide bonds. The first-order valence-corrected chi connectivity index (χ1v) is 7.20. The molecule has 1 aliphatic rings. The Bertz CT molecular complexity index is 424. The lowest BCUT2D eigenvalue weighted by Gasteiger charge is -2.25. The second kappa shape index (κ2) is 5.44. The summed E-state index contributed by atoms with van der Waals surface area (Å²) in [5.41, 5.74) is 1.17. The zero-order valence-electron chi connectivity index (χ0n) is 9.77. The van der Waals surface area contributed by atoms with E-state index in [0.29, 0.717) is 12.3 Å². The highest BCUT2D eigenvalue weighted by molar-refractivity contribution is 9.10. The predicted molar refractivity (Wildman–Crippen MR) is 76.2 cm³/mol. The lowest BCUT2D eigenvalue weighted by atomic mass is 10.1. The molecule has 0 N–H and O–H groups in total. The molecule has 1 aliphatic heterocycles. The summed E-state index contributed by atoms with van der Waals surface area (Å²) in [6, 6.07) is 8.29. The van der Waals surface area contributed by atoms with Crippen molar-refractivity contribution < 1.29 is 4.79 Å². The molecule has 2 nitrogen and oxygen atoms in total. The molecule has 0 bridgehead atoms. The van der Waals surface area contributed by atoms with Gasteiger partial charge in [-0.15, -0.1) is 0 Å². The van der Waals surface area contributed by atoms with Gasteiger partial charge in [-0.3, -0.25) is 4.79 Å². The number of hydrogen-bond acceptors (Lipinski definition) is 2. The number of hydrogen-bond donors (Lipinski definition) is 1. The number of carbonyl (C=O) groups is 1. The Balaban J connectivity index is 2.15. The van der Waals surface area contributed by atoms with E-state index in [0.717, 1.165) is 16.8 Å². The maximum absolute atomic E-state index is 11.9. The summed E-state index contributed by atoms with van der Waals surface area (Å²) in [6.45, 7) is 2.91. The van der Waals surface area contributed by atoms with Gasteiger partial charge in [0.25, 0.3) is 0 Å². The van der Waals surface area contributed by atoms with Crippen LogP contribution in [0.1, 0.15) is 24.9 Å². The van der Waals surface area contributed by atoms with Crippen LogP contribution in [0.5, 0.6) is 0 Å². The van der Waals surface area contributed by atoms with E-state index in [2.05, 4.69) is 47.6 Å². The van der Waals surface area contributed by atoms with Gasteiger partial charge in [0.2, 0.25) is 5.91 Å². The second-order valence-electron chi connectivity index (χ2n) is 4.53. The zero-order chi connectivity index (χ0) is 12.4. The van der Waals surface area contributed by atoms with Crippen molar-refractivity contribution in [1.82, 2.24) is 4.90 Å². The van der Waals surface area contributed by atoms with E-state index in [9.17, 15) is 4.79 Å². The Labute approximate surface area is 116 Å². The van der Waals surface area contributed by atoms with Gasteiger partial charge >= 0.3 is 0 Å². The van der Waals surface area contributed by atoms with Gasteiger partial charge in [0.1, 0.15) is 0 Å². The van der Waals surface area contributed by atoms with E-state index < -0.39 is 0 Å². The molecular weight excluding hydrogens is 298 g/mol. The van der Waals surface area contributed by atoms with Gasteiger partial charge in [-0.2, -0.15) is 12.6 Å². The highest BCUT2D eigenvalue weighted by Gasteiger charge is 2.32. The van der Waals surface area contributed by atoms with Crippen LogP contribution in [0.2, 0.25) is 0 Å². The van der Waals surface area contributed by atoms with Crippen molar-refractivity contribution in [2.45, 2.75) is 19.4 Å². The summed E-state index contributed by atoms with van der Waals surface area (Å²) in [5, 5.41) is 0. The Morgan fingerprint density at radius 2 is 2.35 bits per heavy atom. The van der Waals surface area contributed by atoms with Crippen LogP contribution in [0.25, 0.3) is 0 Å². The van der Waals surface area contributed by atoms with Crippen molar-refractivity contribution in [2.24, 2.45) is 5.92 Å². The Kier molecular flexibility index (Phi) is 4.15. The molecule has 92 valence electrons. The van der Waals surface area contributed by atoms with Crippen LogP contribution in [0.3, 0.4) is 0 Å². The topological polar surface area (TPSA) is 20.3 Å². The molecule has 2 atom stereocenters. The molecule has 0 radical (unpaired) electrons. The quantitative estimate of drug-likeness (QED) is 0.849. The first-order chi connectivity index (χ1) is 8.11. The average Bonchev–Trinajstić information content (AvgIpc) is 2.69. The van der Waals surface area contributed by atoms with Crippen LogP contribution in [0.4, 0.5) is 0 Å². The van der Waals surface area contributed by atoms with Gasteiger partial charge in [-0.25, -0.2) is 0 Å². The average molecular weight is 314 g/mol. The minimum Gasteiger partial charge on any atom is -0.336 e. The molecule has 0 aromatic heterocycles. The van der Waals surface area contributed by atoms with Gasteiger partial charge in [0.05, 0.1) is 6.04 Å². The number of thiol groups is 1. The Morgan fingerprint density at radius 3 is 2.94 bits per heavy atom. The van der Waals surface area contributed by atoms with Crippen molar-refractivity contribution in [3.05, 3.63) is 34.3 Å². The van der Waals surface area contributed by atoms with Crippen LogP contribution in [0, 0.1) is 5.92 Å². The summed E-state index contributed by atoms with van der Waals surface area (Å²) in [7, 11) is 0. The first-order valence-electron chi connectivity index (χ1n) is 5.77. The third kappa shape index (κ3) is 2.86. The smallest absolute Gasteiger partial charge is 0.223 e. The van der Waals surface area contributed by atoms with E-state index in [1.54, 1.807) is 0 Å². The standard InChI is InChI=1S/C13H16BrNOS/c1-9(11-3-2-4-12(14)6-11)15-7-10(8-17)5-13(15)16/h2-4,6,9-10,17H,5,7-8H2,1H3. The Hall–Kier alpha value is -0.480. The van der Waals surface area contributed by atoms with Crippen LogP contribution in [-0.2, 0) is 4.79 Å². The van der Waals surface area contributed by atoms with E-state index in [1.807, 2.05) is 17.0 Å². The van der Waals surface area contributed by atoms with Crippen molar-refractivity contribution in [2.75, 3.05) is 12.3 Å². The van der Waals surface area contributed by atoms with Crippen LogP contribution >= 0.6 is 28.6 Å². The molecule has 0 aliphatic carbocycles. The maximum atomic E-state index is 11.9. The number of amides is 1. The molecule has 1 aromatic rings. The molecule has 1 heterocycles. The first kappa shape index (κ1) is 13.0. The van der Waals surface area contributed by atoms with Gasteiger partial charge in [0.15, 0.2) is 0 Å². The molecule has 1 aromatic carbocycles. The van der Waals surface area contributed by atoms with Gasteiger partial charge in [-0.1, -0.05) is 28.1 Å². The van der Waals surface area contributed by atoms with Crippen molar-refractivity contribution in [1.29, 1.82) is 0 Å². The van der Waals surface area contributed by atoms with Crippen molar-refractivity contribution in [3.63, 3.8) is 0 Å². The minimum atomic E-state index is 0.143. The van der Waals surface area contributed by atoms with Gasteiger partial charge in [-0.05, 0) is 36.3 Å². The van der Waals surface area contributed by atoms with Crippen molar-refractivity contribution in [3.8, 4) is 0 Å². The SMILES string of the molecule is CC(c1cccc(Br)c1)N1CC(CS)CC1=O. The molecule has 1 saturated heterocycles. The molecule has 4 heteroatoms. The Morgan fingerprint density at radius 1 is 1.59 bits per heavy atom. The zero-order valence-corrected chi connectivity index (χ0v) is 12.2. The molecule has 2 rings (SSSR count). The van der Waals surface area contributed by atoms with E-state index >= 15 is 0 Å². The largest absolute Gasteiger partial charge is 0.336 e. The lowest BCUT2D eigenvalue weighted by molar-refractivity contribution is -0.129. The third-order valence-corrected chi connectivity index (χ3v) is 4.30. The number of carbonyl (C=O) groups excluding carboxylic acids is 1. The molecule has 17 heavy (non-hydrogen) atoms. The summed E-state index contributed by atoms with van der Waals surface area (Å²) in [5.74, 6) is 1.44. The fourth-order valence-electron chi connectivity index (χ4n) is 2.25. The summed E-state index contributed by atoms with van der Waals surface area (Å²) in [6.07, 6.45) is 0.641. The molecule has 1 fully saturated rings. The maximum Gasteiger partial charge on any atom is 0.223 e. The normalized spacial score (nSPS) is 21.9. The lowest BCUT2D eigenvalue weighted by Crippen LogP contribution is -2.28. The number of benzene rings is 1. The van der Waals surface area contributed by atoms with E-state index in [4.69, 9.17) is 0 Å². The highest BCUT2D eigenvalue weighted by Crippen LogP contribution is 2.29. The fraction of sp³-hybridized carbons (Fsp3) is 0.462.